The van der Waals surface area contributed by atoms with E-state index in [0.29, 0.717) is 18.2 Å². The van der Waals surface area contributed by atoms with Crippen LogP contribution in [0.25, 0.3) is 0 Å². The topological polar surface area (TPSA) is 52.6 Å². The SMILES string of the molecule is CNc1ccccc1C(=O)N(CCO)C1CC1. The molecule has 1 amide bonds. The standard InChI is InChI=1S/C13H18N2O2/c1-14-12-5-3-2-4-11(12)13(17)15(8-9-16)10-6-7-10/h2-5,10,14,16H,6-9H2,1H3. The van der Waals surface area contributed by atoms with E-state index in [-0.39, 0.29) is 12.5 Å². The minimum Gasteiger partial charge on any atom is -0.395 e. The molecule has 0 aliphatic heterocycles. The third kappa shape index (κ3) is 2.58. The third-order valence-electron chi connectivity index (χ3n) is 3.02. The Labute approximate surface area is 101 Å². The Kier molecular flexibility index (Phi) is 3.64. The maximum absolute atomic E-state index is 12.4. The Morgan fingerprint density at radius 3 is 2.76 bits per heavy atom. The van der Waals surface area contributed by atoms with Gasteiger partial charge in [0.05, 0.1) is 12.2 Å². The number of hydrogen-bond donors (Lipinski definition) is 2. The van der Waals surface area contributed by atoms with Gasteiger partial charge in [0.25, 0.3) is 5.91 Å². The number of carbonyl (C=O) groups excluding carboxylic acids is 1. The lowest BCUT2D eigenvalue weighted by molar-refractivity contribution is 0.0708. The van der Waals surface area contributed by atoms with Crippen molar-refractivity contribution in [2.75, 3.05) is 25.5 Å². The molecule has 2 rings (SSSR count). The summed E-state index contributed by atoms with van der Waals surface area (Å²) in [5.74, 6) is 0.00602. The number of benzene rings is 1. The minimum atomic E-state index is 0.00602. The molecule has 0 radical (unpaired) electrons. The first-order valence-corrected chi connectivity index (χ1v) is 5.96. The van der Waals surface area contributed by atoms with Crippen LogP contribution in [0.15, 0.2) is 24.3 Å². The van der Waals surface area contributed by atoms with Gasteiger partial charge in [-0.2, -0.15) is 0 Å². The number of nitrogens with zero attached hydrogens (tertiary/aromatic N) is 1. The summed E-state index contributed by atoms with van der Waals surface area (Å²) in [5.41, 5.74) is 1.51. The number of para-hydroxylation sites is 1. The molecule has 0 heterocycles. The average Bonchev–Trinajstić information content (AvgIpc) is 3.19. The minimum absolute atomic E-state index is 0.00602. The molecule has 17 heavy (non-hydrogen) atoms. The van der Waals surface area contributed by atoms with Crippen LogP contribution in [0, 0.1) is 0 Å². The quantitative estimate of drug-likeness (QED) is 0.808. The Hall–Kier alpha value is -1.55. The fourth-order valence-electron chi connectivity index (χ4n) is 1.99. The van der Waals surface area contributed by atoms with Crippen LogP contribution in [0.5, 0.6) is 0 Å². The lowest BCUT2D eigenvalue weighted by Gasteiger charge is -2.22. The predicted molar refractivity (Wildman–Crippen MR) is 67.1 cm³/mol. The molecule has 0 saturated heterocycles. The highest BCUT2D eigenvalue weighted by atomic mass is 16.3. The van der Waals surface area contributed by atoms with Crippen molar-refractivity contribution in [1.29, 1.82) is 0 Å². The van der Waals surface area contributed by atoms with Gasteiger partial charge in [0.2, 0.25) is 0 Å². The smallest absolute Gasteiger partial charge is 0.256 e. The molecule has 1 aromatic carbocycles. The second kappa shape index (κ2) is 5.19. The zero-order chi connectivity index (χ0) is 12.3. The molecule has 1 saturated carbocycles. The van der Waals surface area contributed by atoms with E-state index in [0.717, 1.165) is 18.5 Å². The highest BCUT2D eigenvalue weighted by Gasteiger charge is 2.33. The van der Waals surface area contributed by atoms with Crippen LogP contribution in [-0.4, -0.2) is 42.2 Å². The molecule has 92 valence electrons. The summed E-state index contributed by atoms with van der Waals surface area (Å²) in [6.45, 7) is 0.436. The van der Waals surface area contributed by atoms with Gasteiger partial charge < -0.3 is 15.3 Å². The summed E-state index contributed by atoms with van der Waals surface area (Å²) < 4.78 is 0. The highest BCUT2D eigenvalue weighted by Crippen LogP contribution is 2.29. The predicted octanol–water partition coefficient (Wildman–Crippen LogP) is 1.33. The van der Waals surface area contributed by atoms with Gasteiger partial charge in [-0.25, -0.2) is 0 Å². The van der Waals surface area contributed by atoms with Crippen molar-refractivity contribution < 1.29 is 9.90 Å². The van der Waals surface area contributed by atoms with E-state index in [4.69, 9.17) is 5.11 Å². The molecule has 0 unspecified atom stereocenters. The first-order valence-electron chi connectivity index (χ1n) is 5.96. The number of carbonyl (C=O) groups is 1. The van der Waals surface area contributed by atoms with Crippen LogP contribution in [0.2, 0.25) is 0 Å². The molecule has 0 bridgehead atoms. The van der Waals surface area contributed by atoms with E-state index >= 15 is 0 Å². The monoisotopic (exact) mass is 234 g/mol. The average molecular weight is 234 g/mol. The summed E-state index contributed by atoms with van der Waals surface area (Å²) in [7, 11) is 1.81. The Morgan fingerprint density at radius 1 is 1.47 bits per heavy atom. The highest BCUT2D eigenvalue weighted by molar-refractivity contribution is 5.99. The number of anilines is 1. The molecule has 0 spiro atoms. The summed E-state index contributed by atoms with van der Waals surface area (Å²) in [4.78, 5) is 14.1. The number of amides is 1. The lowest BCUT2D eigenvalue weighted by atomic mass is 10.1. The van der Waals surface area contributed by atoms with Gasteiger partial charge in [-0.05, 0) is 25.0 Å². The second-order valence-electron chi connectivity index (χ2n) is 4.25. The van der Waals surface area contributed by atoms with Crippen LogP contribution >= 0.6 is 0 Å². The molecular formula is C13H18N2O2. The molecule has 2 N–H and O–H groups in total. The number of aliphatic hydroxyl groups is 1. The largest absolute Gasteiger partial charge is 0.395 e. The van der Waals surface area contributed by atoms with E-state index in [9.17, 15) is 4.79 Å². The molecule has 4 nitrogen and oxygen atoms in total. The molecule has 1 aliphatic carbocycles. The maximum atomic E-state index is 12.4. The zero-order valence-corrected chi connectivity index (χ0v) is 10.0. The zero-order valence-electron chi connectivity index (χ0n) is 10.0. The molecule has 0 atom stereocenters. The van der Waals surface area contributed by atoms with E-state index in [1.807, 2.05) is 24.3 Å². The van der Waals surface area contributed by atoms with Crippen molar-refractivity contribution >= 4 is 11.6 Å². The van der Waals surface area contributed by atoms with Gasteiger partial charge in [-0.3, -0.25) is 4.79 Å². The van der Waals surface area contributed by atoms with Gasteiger partial charge in [0.1, 0.15) is 0 Å². The molecule has 1 fully saturated rings. The summed E-state index contributed by atoms with van der Waals surface area (Å²) in [5, 5.41) is 12.0. The molecule has 0 aromatic heterocycles. The first kappa shape index (κ1) is 11.9. The van der Waals surface area contributed by atoms with E-state index in [1.54, 1.807) is 11.9 Å². The van der Waals surface area contributed by atoms with Crippen LogP contribution in [-0.2, 0) is 0 Å². The number of aliphatic hydroxyl groups excluding tert-OH is 1. The Bertz CT molecular complexity index is 402. The van der Waals surface area contributed by atoms with Gasteiger partial charge in [0.15, 0.2) is 0 Å². The summed E-state index contributed by atoms with van der Waals surface area (Å²) in [6, 6.07) is 7.78. The Morgan fingerprint density at radius 2 is 2.18 bits per heavy atom. The van der Waals surface area contributed by atoms with Crippen molar-refractivity contribution in [2.24, 2.45) is 0 Å². The van der Waals surface area contributed by atoms with Crippen LogP contribution in [0.3, 0.4) is 0 Å². The van der Waals surface area contributed by atoms with Crippen molar-refractivity contribution in [3.8, 4) is 0 Å². The second-order valence-corrected chi connectivity index (χ2v) is 4.25. The van der Waals surface area contributed by atoms with Crippen molar-refractivity contribution in [3.05, 3.63) is 29.8 Å². The van der Waals surface area contributed by atoms with E-state index in [2.05, 4.69) is 5.32 Å². The molecule has 1 aliphatic rings. The summed E-state index contributed by atoms with van der Waals surface area (Å²) >= 11 is 0. The van der Waals surface area contributed by atoms with Gasteiger partial charge in [-0.15, -0.1) is 0 Å². The van der Waals surface area contributed by atoms with Crippen molar-refractivity contribution in [1.82, 2.24) is 4.90 Å². The van der Waals surface area contributed by atoms with Gasteiger partial charge in [0, 0.05) is 25.3 Å². The van der Waals surface area contributed by atoms with E-state index < -0.39 is 0 Å². The fourth-order valence-corrected chi connectivity index (χ4v) is 1.99. The van der Waals surface area contributed by atoms with Crippen molar-refractivity contribution in [3.63, 3.8) is 0 Å². The van der Waals surface area contributed by atoms with Crippen LogP contribution < -0.4 is 5.32 Å². The van der Waals surface area contributed by atoms with Crippen LogP contribution in [0.1, 0.15) is 23.2 Å². The third-order valence-corrected chi connectivity index (χ3v) is 3.02. The molecule has 1 aromatic rings. The maximum Gasteiger partial charge on any atom is 0.256 e. The fraction of sp³-hybridized carbons (Fsp3) is 0.462. The Balaban J connectivity index is 2.21. The lowest BCUT2D eigenvalue weighted by Crippen LogP contribution is -2.35. The number of nitrogens with one attached hydrogen (secondary N) is 1. The van der Waals surface area contributed by atoms with E-state index in [1.165, 1.54) is 0 Å². The number of hydrogen-bond acceptors (Lipinski definition) is 3. The molecular weight excluding hydrogens is 216 g/mol. The summed E-state index contributed by atoms with van der Waals surface area (Å²) in [6.07, 6.45) is 2.10. The first-order chi connectivity index (χ1) is 8.27. The van der Waals surface area contributed by atoms with Gasteiger partial charge in [-0.1, -0.05) is 12.1 Å². The van der Waals surface area contributed by atoms with Crippen molar-refractivity contribution in [2.45, 2.75) is 18.9 Å². The molecule has 4 heteroatoms. The van der Waals surface area contributed by atoms with Crippen LogP contribution in [0.4, 0.5) is 5.69 Å². The number of rotatable bonds is 5. The van der Waals surface area contributed by atoms with Gasteiger partial charge >= 0.3 is 0 Å². The normalized spacial score (nSPS) is 14.5.